The van der Waals surface area contributed by atoms with E-state index in [0.717, 1.165) is 15.8 Å². The number of carbonyl (C=O) groups is 1. The summed E-state index contributed by atoms with van der Waals surface area (Å²) in [7, 11) is 3.44. The molecule has 1 amide bonds. The van der Waals surface area contributed by atoms with Gasteiger partial charge in [-0.1, -0.05) is 22.0 Å². The van der Waals surface area contributed by atoms with Crippen molar-refractivity contribution >= 4 is 38.9 Å². The number of hydrogen-bond donors (Lipinski definition) is 2. The molecule has 2 rings (SSSR count). The summed E-state index contributed by atoms with van der Waals surface area (Å²) in [4.78, 5) is 13.5. The Bertz CT molecular complexity index is 641. The van der Waals surface area contributed by atoms with Crippen molar-refractivity contribution in [1.82, 2.24) is 4.90 Å². The van der Waals surface area contributed by atoms with Crippen LogP contribution >= 0.6 is 15.9 Å². The number of nitrogen functional groups attached to an aromatic ring is 1. The predicted octanol–water partition coefficient (Wildman–Crippen LogP) is 3.48. The van der Waals surface area contributed by atoms with Gasteiger partial charge in [0.25, 0.3) is 5.91 Å². The van der Waals surface area contributed by atoms with E-state index in [1.807, 2.05) is 24.3 Å². The second-order valence-corrected chi connectivity index (χ2v) is 5.55. The summed E-state index contributed by atoms with van der Waals surface area (Å²) >= 11 is 3.42. The molecule has 0 spiro atoms. The Labute approximate surface area is 126 Å². The number of nitrogens with two attached hydrogens (primary N) is 1. The molecule has 104 valence electrons. The first-order valence-corrected chi connectivity index (χ1v) is 6.90. The van der Waals surface area contributed by atoms with Crippen LogP contribution in [0.3, 0.4) is 0 Å². The van der Waals surface area contributed by atoms with Crippen LogP contribution in [0.15, 0.2) is 46.9 Å². The van der Waals surface area contributed by atoms with Gasteiger partial charge in [0, 0.05) is 29.8 Å². The molecule has 0 unspecified atom stereocenters. The number of nitrogens with zero attached hydrogens (tertiary/aromatic N) is 1. The van der Waals surface area contributed by atoms with Crippen molar-refractivity contribution in [2.24, 2.45) is 0 Å². The molecule has 2 aromatic carbocycles. The highest BCUT2D eigenvalue weighted by Gasteiger charge is 2.10. The van der Waals surface area contributed by atoms with Crippen LogP contribution in [0.5, 0.6) is 0 Å². The molecule has 0 aliphatic rings. The lowest BCUT2D eigenvalue weighted by atomic mass is 10.1. The minimum atomic E-state index is -0.0534. The van der Waals surface area contributed by atoms with E-state index >= 15 is 0 Å². The summed E-state index contributed by atoms with van der Waals surface area (Å²) in [6.07, 6.45) is 0. The first kappa shape index (κ1) is 14.4. The van der Waals surface area contributed by atoms with E-state index < -0.39 is 0 Å². The SMILES string of the molecule is CN(C)C(=O)c1ccc(N)c(Nc2cccc(Br)c2)c1. The summed E-state index contributed by atoms with van der Waals surface area (Å²) in [6, 6.07) is 13.0. The van der Waals surface area contributed by atoms with E-state index in [-0.39, 0.29) is 5.91 Å². The third kappa shape index (κ3) is 3.30. The molecule has 0 aliphatic heterocycles. The van der Waals surface area contributed by atoms with Gasteiger partial charge in [0.2, 0.25) is 0 Å². The van der Waals surface area contributed by atoms with Gasteiger partial charge in [0.1, 0.15) is 0 Å². The number of carbonyl (C=O) groups excluding carboxylic acids is 1. The van der Waals surface area contributed by atoms with E-state index in [4.69, 9.17) is 5.73 Å². The van der Waals surface area contributed by atoms with Crippen LogP contribution in [-0.2, 0) is 0 Å². The van der Waals surface area contributed by atoms with Crippen LogP contribution in [0.1, 0.15) is 10.4 Å². The van der Waals surface area contributed by atoms with Crippen LogP contribution in [0.25, 0.3) is 0 Å². The molecule has 0 bridgehead atoms. The molecular formula is C15H16BrN3O. The highest BCUT2D eigenvalue weighted by molar-refractivity contribution is 9.10. The molecule has 0 saturated carbocycles. The van der Waals surface area contributed by atoms with Crippen LogP contribution in [-0.4, -0.2) is 24.9 Å². The Morgan fingerprint density at radius 2 is 1.95 bits per heavy atom. The van der Waals surface area contributed by atoms with Crippen LogP contribution in [0, 0.1) is 0 Å². The Morgan fingerprint density at radius 1 is 1.20 bits per heavy atom. The molecule has 0 aromatic heterocycles. The molecule has 0 radical (unpaired) electrons. The Morgan fingerprint density at radius 3 is 2.60 bits per heavy atom. The molecule has 20 heavy (non-hydrogen) atoms. The minimum absolute atomic E-state index is 0.0534. The number of anilines is 3. The number of benzene rings is 2. The smallest absolute Gasteiger partial charge is 0.253 e. The van der Waals surface area contributed by atoms with Crippen LogP contribution < -0.4 is 11.1 Å². The fourth-order valence-electron chi connectivity index (χ4n) is 1.78. The van der Waals surface area contributed by atoms with Crippen LogP contribution in [0.4, 0.5) is 17.1 Å². The van der Waals surface area contributed by atoms with Crippen molar-refractivity contribution < 1.29 is 4.79 Å². The standard InChI is InChI=1S/C15H16BrN3O/c1-19(2)15(20)10-6-7-13(17)14(8-10)18-12-5-3-4-11(16)9-12/h3-9,18H,17H2,1-2H3. The largest absolute Gasteiger partial charge is 0.397 e. The zero-order valence-electron chi connectivity index (χ0n) is 11.4. The average molecular weight is 334 g/mol. The van der Waals surface area contributed by atoms with Gasteiger partial charge in [-0.15, -0.1) is 0 Å². The van der Waals surface area contributed by atoms with Crippen molar-refractivity contribution in [1.29, 1.82) is 0 Å². The average Bonchev–Trinajstić information content (AvgIpc) is 2.40. The molecule has 0 atom stereocenters. The van der Waals surface area contributed by atoms with E-state index in [0.29, 0.717) is 11.3 Å². The summed E-state index contributed by atoms with van der Waals surface area (Å²) in [5, 5.41) is 3.22. The van der Waals surface area contributed by atoms with Gasteiger partial charge in [0.05, 0.1) is 11.4 Å². The molecule has 0 saturated heterocycles. The number of amides is 1. The number of rotatable bonds is 3. The van der Waals surface area contributed by atoms with Crippen LogP contribution in [0.2, 0.25) is 0 Å². The molecule has 0 heterocycles. The maximum Gasteiger partial charge on any atom is 0.253 e. The second-order valence-electron chi connectivity index (χ2n) is 4.64. The third-order valence-corrected chi connectivity index (χ3v) is 3.30. The lowest BCUT2D eigenvalue weighted by Crippen LogP contribution is -2.21. The van der Waals surface area contributed by atoms with E-state index in [9.17, 15) is 4.79 Å². The van der Waals surface area contributed by atoms with Gasteiger partial charge < -0.3 is 16.0 Å². The lowest BCUT2D eigenvalue weighted by molar-refractivity contribution is 0.0827. The van der Waals surface area contributed by atoms with Crippen molar-refractivity contribution in [3.8, 4) is 0 Å². The van der Waals surface area contributed by atoms with Gasteiger partial charge in [-0.05, 0) is 36.4 Å². The van der Waals surface area contributed by atoms with Gasteiger partial charge in [-0.2, -0.15) is 0 Å². The second kappa shape index (κ2) is 5.96. The van der Waals surface area contributed by atoms with Crippen molar-refractivity contribution in [2.45, 2.75) is 0 Å². The van der Waals surface area contributed by atoms with Crippen molar-refractivity contribution in [2.75, 3.05) is 25.1 Å². The maximum atomic E-state index is 12.0. The highest BCUT2D eigenvalue weighted by atomic mass is 79.9. The Balaban J connectivity index is 2.32. The monoisotopic (exact) mass is 333 g/mol. The quantitative estimate of drug-likeness (QED) is 0.845. The fraction of sp³-hybridized carbons (Fsp3) is 0.133. The molecular weight excluding hydrogens is 318 g/mol. The Hall–Kier alpha value is -2.01. The minimum Gasteiger partial charge on any atom is -0.397 e. The molecule has 4 nitrogen and oxygen atoms in total. The summed E-state index contributed by atoms with van der Waals surface area (Å²) in [6.45, 7) is 0. The Kier molecular flexibility index (Phi) is 4.29. The normalized spacial score (nSPS) is 10.2. The van der Waals surface area contributed by atoms with E-state index in [1.54, 1.807) is 32.3 Å². The topological polar surface area (TPSA) is 58.4 Å². The molecule has 2 aromatic rings. The number of nitrogens with one attached hydrogen (secondary N) is 1. The lowest BCUT2D eigenvalue weighted by Gasteiger charge is -2.14. The molecule has 5 heteroatoms. The van der Waals surface area contributed by atoms with Crippen molar-refractivity contribution in [3.63, 3.8) is 0 Å². The summed E-state index contributed by atoms with van der Waals surface area (Å²) < 4.78 is 0.974. The van der Waals surface area contributed by atoms with Gasteiger partial charge in [-0.3, -0.25) is 4.79 Å². The highest BCUT2D eigenvalue weighted by Crippen LogP contribution is 2.26. The summed E-state index contributed by atoms with van der Waals surface area (Å²) in [5.41, 5.74) is 8.77. The zero-order chi connectivity index (χ0) is 14.7. The number of halogens is 1. The third-order valence-electron chi connectivity index (χ3n) is 2.81. The zero-order valence-corrected chi connectivity index (χ0v) is 12.9. The fourth-order valence-corrected chi connectivity index (χ4v) is 2.18. The first-order chi connectivity index (χ1) is 9.47. The molecule has 0 aliphatic carbocycles. The van der Waals surface area contributed by atoms with E-state index in [1.165, 1.54) is 4.90 Å². The first-order valence-electron chi connectivity index (χ1n) is 6.11. The van der Waals surface area contributed by atoms with Gasteiger partial charge >= 0.3 is 0 Å². The van der Waals surface area contributed by atoms with Gasteiger partial charge in [-0.25, -0.2) is 0 Å². The molecule has 0 fully saturated rings. The predicted molar refractivity (Wildman–Crippen MR) is 86.3 cm³/mol. The van der Waals surface area contributed by atoms with E-state index in [2.05, 4.69) is 21.2 Å². The molecule has 3 N–H and O–H groups in total. The van der Waals surface area contributed by atoms with Gasteiger partial charge in [0.15, 0.2) is 0 Å². The maximum absolute atomic E-state index is 12.0. The number of hydrogen-bond acceptors (Lipinski definition) is 3. The summed E-state index contributed by atoms with van der Waals surface area (Å²) in [5.74, 6) is -0.0534. The van der Waals surface area contributed by atoms with Crippen molar-refractivity contribution in [3.05, 3.63) is 52.5 Å².